The first-order valence-electron chi connectivity index (χ1n) is 8.91. The zero-order valence-electron chi connectivity index (χ0n) is 15.2. The van der Waals surface area contributed by atoms with E-state index in [-0.39, 0.29) is 29.9 Å². The topological polar surface area (TPSA) is 64.9 Å². The molecular formula is C22H17NO4S. The Bertz CT molecular complexity index is 1250. The van der Waals surface area contributed by atoms with E-state index in [0.29, 0.717) is 21.5 Å². The molecule has 0 radical (unpaired) electrons. The van der Waals surface area contributed by atoms with E-state index in [4.69, 9.17) is 4.74 Å². The highest BCUT2D eigenvalue weighted by atomic mass is 32.1. The van der Waals surface area contributed by atoms with Crippen LogP contribution < -0.4 is 5.56 Å². The van der Waals surface area contributed by atoms with E-state index in [1.165, 1.54) is 21.8 Å². The monoisotopic (exact) mass is 391 g/mol. The second kappa shape index (κ2) is 7.40. The van der Waals surface area contributed by atoms with Crippen LogP contribution in [0.1, 0.15) is 33.2 Å². The van der Waals surface area contributed by atoms with Crippen LogP contribution in [0, 0.1) is 0 Å². The Kier molecular flexibility index (Phi) is 4.79. The van der Waals surface area contributed by atoms with Crippen molar-refractivity contribution in [2.24, 2.45) is 0 Å². The Hall–Kier alpha value is -3.25. The summed E-state index contributed by atoms with van der Waals surface area (Å²) in [6.45, 7) is 1.96. The van der Waals surface area contributed by atoms with Crippen molar-refractivity contribution in [3.05, 3.63) is 87.7 Å². The summed E-state index contributed by atoms with van der Waals surface area (Å²) in [5, 5.41) is 0. The summed E-state index contributed by atoms with van der Waals surface area (Å²) in [5.74, 6) is -0.674. The van der Waals surface area contributed by atoms with Crippen molar-refractivity contribution in [2.75, 3.05) is 6.61 Å². The predicted molar refractivity (Wildman–Crippen MR) is 109 cm³/mol. The molecular weight excluding hydrogens is 374 g/mol. The van der Waals surface area contributed by atoms with E-state index in [1.54, 1.807) is 31.2 Å². The van der Waals surface area contributed by atoms with E-state index in [1.807, 2.05) is 30.3 Å². The Morgan fingerprint density at radius 2 is 1.75 bits per heavy atom. The lowest BCUT2D eigenvalue weighted by atomic mass is 10.0. The van der Waals surface area contributed by atoms with Gasteiger partial charge in [0.2, 0.25) is 0 Å². The van der Waals surface area contributed by atoms with Crippen LogP contribution in [0.4, 0.5) is 0 Å². The van der Waals surface area contributed by atoms with Crippen molar-refractivity contribution >= 4 is 38.1 Å². The number of nitrogens with zero attached hydrogens (tertiary/aromatic N) is 1. The van der Waals surface area contributed by atoms with Gasteiger partial charge in [0.05, 0.1) is 22.4 Å². The number of fused-ring (bicyclic) bond motifs is 3. The van der Waals surface area contributed by atoms with Crippen molar-refractivity contribution < 1.29 is 14.3 Å². The summed E-state index contributed by atoms with van der Waals surface area (Å²) in [4.78, 5) is 38.9. The number of para-hydroxylation sites is 1. The third-order valence-electron chi connectivity index (χ3n) is 4.48. The first-order chi connectivity index (χ1) is 13.6. The second-order valence-electron chi connectivity index (χ2n) is 6.29. The number of rotatable bonds is 5. The largest absolute Gasteiger partial charge is 0.462 e. The Balaban J connectivity index is 1.92. The lowest BCUT2D eigenvalue weighted by Gasteiger charge is -2.08. The zero-order valence-corrected chi connectivity index (χ0v) is 16.0. The number of carbonyl (C=O) groups is 2. The number of hydrogen-bond acceptors (Lipinski definition) is 5. The standard InChI is InChI=1S/C22H17NO4S/c1-2-27-22(26)16-12-15(13-18(24)14-8-4-3-5-9-14)20(25)23-17-10-6-7-11-19(17)28-21(16)23/h3-12H,2,13H2,1H3. The molecule has 2 heterocycles. The quantitative estimate of drug-likeness (QED) is 0.379. The number of carbonyl (C=O) groups excluding carboxylic acids is 2. The average Bonchev–Trinajstić information content (AvgIpc) is 3.10. The molecule has 0 aliphatic rings. The molecule has 0 amide bonds. The summed E-state index contributed by atoms with van der Waals surface area (Å²) < 4.78 is 7.58. The SMILES string of the molecule is CCOC(=O)c1cc(CC(=O)c2ccccc2)c(=O)n2c1sc1ccccc12. The molecule has 0 fully saturated rings. The third-order valence-corrected chi connectivity index (χ3v) is 5.65. The fraction of sp³-hybridized carbons (Fsp3) is 0.136. The highest BCUT2D eigenvalue weighted by Crippen LogP contribution is 2.28. The molecule has 0 atom stereocenters. The molecule has 0 saturated carbocycles. The molecule has 2 aromatic carbocycles. The number of aromatic nitrogens is 1. The smallest absolute Gasteiger partial charge is 0.341 e. The Morgan fingerprint density at radius 3 is 2.50 bits per heavy atom. The number of esters is 1. The highest BCUT2D eigenvalue weighted by molar-refractivity contribution is 7.24. The van der Waals surface area contributed by atoms with Gasteiger partial charge < -0.3 is 4.74 Å². The average molecular weight is 391 g/mol. The van der Waals surface area contributed by atoms with Gasteiger partial charge in [-0.25, -0.2) is 4.79 Å². The maximum absolute atomic E-state index is 13.2. The predicted octanol–water partition coefficient (Wildman–Crippen LogP) is 4.12. The molecule has 140 valence electrons. The molecule has 5 nitrogen and oxygen atoms in total. The highest BCUT2D eigenvalue weighted by Gasteiger charge is 2.21. The first kappa shape index (κ1) is 18.1. The van der Waals surface area contributed by atoms with Crippen LogP contribution in [-0.4, -0.2) is 22.8 Å². The van der Waals surface area contributed by atoms with Gasteiger partial charge in [-0.15, -0.1) is 11.3 Å². The van der Waals surface area contributed by atoms with E-state index < -0.39 is 5.97 Å². The summed E-state index contributed by atoms with van der Waals surface area (Å²) in [5.41, 5.74) is 1.54. The maximum Gasteiger partial charge on any atom is 0.341 e. The van der Waals surface area contributed by atoms with Crippen LogP contribution in [0.3, 0.4) is 0 Å². The molecule has 28 heavy (non-hydrogen) atoms. The van der Waals surface area contributed by atoms with Gasteiger partial charge in [-0.3, -0.25) is 14.0 Å². The molecule has 0 spiro atoms. The van der Waals surface area contributed by atoms with Crippen LogP contribution in [0.2, 0.25) is 0 Å². The van der Waals surface area contributed by atoms with Crippen molar-refractivity contribution in [3.63, 3.8) is 0 Å². The van der Waals surface area contributed by atoms with Crippen LogP contribution in [0.15, 0.2) is 65.5 Å². The van der Waals surface area contributed by atoms with Crippen molar-refractivity contribution in [2.45, 2.75) is 13.3 Å². The number of Topliss-reactive ketones (excluding diaryl/α,β-unsaturated/α-hetero) is 1. The zero-order chi connectivity index (χ0) is 19.7. The summed E-state index contributed by atoms with van der Waals surface area (Å²) in [6, 6.07) is 17.8. The summed E-state index contributed by atoms with van der Waals surface area (Å²) >= 11 is 1.36. The molecule has 2 aromatic heterocycles. The molecule has 0 unspecified atom stereocenters. The number of pyridine rings is 1. The molecule has 0 bridgehead atoms. The van der Waals surface area contributed by atoms with Crippen LogP contribution in [-0.2, 0) is 11.2 Å². The molecule has 4 aromatic rings. The molecule has 4 rings (SSSR count). The van der Waals surface area contributed by atoms with E-state index in [0.717, 1.165) is 4.70 Å². The van der Waals surface area contributed by atoms with Gasteiger partial charge in [-0.2, -0.15) is 0 Å². The number of thiazole rings is 1. The third kappa shape index (κ3) is 3.12. The maximum atomic E-state index is 13.2. The molecule has 0 N–H and O–H groups in total. The molecule has 6 heteroatoms. The summed E-state index contributed by atoms with van der Waals surface area (Å²) in [6.07, 6.45) is -0.0810. The van der Waals surface area contributed by atoms with Crippen molar-refractivity contribution in [1.82, 2.24) is 4.40 Å². The van der Waals surface area contributed by atoms with E-state index in [9.17, 15) is 14.4 Å². The molecule has 0 saturated heterocycles. The van der Waals surface area contributed by atoms with Gasteiger partial charge in [0.25, 0.3) is 5.56 Å². The van der Waals surface area contributed by atoms with Crippen LogP contribution in [0.5, 0.6) is 0 Å². The minimum atomic E-state index is -0.500. The van der Waals surface area contributed by atoms with Gasteiger partial charge in [0, 0.05) is 17.5 Å². The minimum Gasteiger partial charge on any atom is -0.462 e. The Morgan fingerprint density at radius 1 is 1.04 bits per heavy atom. The Labute approximate surface area is 164 Å². The normalized spacial score (nSPS) is 11.0. The van der Waals surface area contributed by atoms with Crippen molar-refractivity contribution in [1.29, 1.82) is 0 Å². The fourth-order valence-corrected chi connectivity index (χ4v) is 4.33. The van der Waals surface area contributed by atoms with Crippen molar-refractivity contribution in [3.8, 4) is 0 Å². The van der Waals surface area contributed by atoms with Gasteiger partial charge >= 0.3 is 5.97 Å². The van der Waals surface area contributed by atoms with Gasteiger partial charge in [0.15, 0.2) is 5.78 Å². The lowest BCUT2D eigenvalue weighted by Crippen LogP contribution is -2.22. The van der Waals surface area contributed by atoms with Gasteiger partial charge in [-0.05, 0) is 25.1 Å². The van der Waals surface area contributed by atoms with Gasteiger partial charge in [0.1, 0.15) is 4.83 Å². The second-order valence-corrected chi connectivity index (χ2v) is 7.32. The number of benzene rings is 2. The van der Waals surface area contributed by atoms with Crippen LogP contribution in [0.25, 0.3) is 15.0 Å². The molecule has 0 aliphatic carbocycles. The lowest BCUT2D eigenvalue weighted by molar-refractivity contribution is 0.0528. The number of hydrogen-bond donors (Lipinski definition) is 0. The van der Waals surface area contributed by atoms with Gasteiger partial charge in [-0.1, -0.05) is 42.5 Å². The number of ketones is 1. The molecule has 0 aliphatic heterocycles. The minimum absolute atomic E-state index is 0.0810. The number of ether oxygens (including phenoxy) is 1. The van der Waals surface area contributed by atoms with E-state index in [2.05, 4.69) is 0 Å². The first-order valence-corrected chi connectivity index (χ1v) is 9.73. The summed E-state index contributed by atoms with van der Waals surface area (Å²) in [7, 11) is 0. The fourth-order valence-electron chi connectivity index (χ4n) is 3.19. The van der Waals surface area contributed by atoms with E-state index >= 15 is 0 Å². The van der Waals surface area contributed by atoms with Crippen LogP contribution >= 0.6 is 11.3 Å².